The van der Waals surface area contributed by atoms with Crippen LogP contribution in [-0.4, -0.2) is 21.5 Å². The Morgan fingerprint density at radius 1 is 1.25 bits per heavy atom. The van der Waals surface area contributed by atoms with Crippen molar-refractivity contribution in [1.29, 1.82) is 5.26 Å². The molecule has 0 fully saturated rings. The Morgan fingerprint density at radius 3 is 2.58 bits per heavy atom. The zero-order valence-electron chi connectivity index (χ0n) is 12.8. The van der Waals surface area contributed by atoms with Gasteiger partial charge in [-0.3, -0.25) is 4.72 Å². The molecule has 0 radical (unpaired) electrons. The van der Waals surface area contributed by atoms with Gasteiger partial charge < -0.3 is 4.74 Å². The molecule has 0 unspecified atom stereocenters. The first kappa shape index (κ1) is 17.8. The van der Waals surface area contributed by atoms with Crippen molar-refractivity contribution in [1.82, 2.24) is 0 Å². The quantitative estimate of drug-likeness (QED) is 0.841. The highest BCUT2D eigenvalue weighted by Gasteiger charge is 2.20. The standard InChI is InChI=1S/C16H13ClN2O4S/c1-10-3-4-11(16(20)23-2)8-15(10)24(21,22)19-13-5-6-14(17)12(7-13)9-18/h3-8,19H,1-2H3. The molecule has 0 aliphatic rings. The molecule has 1 N–H and O–H groups in total. The Balaban J connectivity index is 2.44. The van der Waals surface area contributed by atoms with Crippen LogP contribution in [0.4, 0.5) is 5.69 Å². The second-order valence-electron chi connectivity index (χ2n) is 4.88. The maximum Gasteiger partial charge on any atom is 0.337 e. The lowest BCUT2D eigenvalue weighted by Crippen LogP contribution is -2.15. The van der Waals surface area contributed by atoms with Crippen molar-refractivity contribution < 1.29 is 17.9 Å². The summed E-state index contributed by atoms with van der Waals surface area (Å²) in [6.07, 6.45) is 0. The molecule has 0 saturated heterocycles. The number of aryl methyl sites for hydroxylation is 1. The summed E-state index contributed by atoms with van der Waals surface area (Å²) in [6.45, 7) is 1.61. The third-order valence-corrected chi connectivity index (χ3v) is 5.09. The molecule has 6 nitrogen and oxygen atoms in total. The highest BCUT2D eigenvalue weighted by molar-refractivity contribution is 7.92. The molecule has 0 aliphatic carbocycles. The molecular formula is C16H13ClN2O4S. The van der Waals surface area contributed by atoms with Crippen LogP contribution in [0.5, 0.6) is 0 Å². The number of halogens is 1. The van der Waals surface area contributed by atoms with Crippen molar-refractivity contribution in [2.24, 2.45) is 0 Å². The van der Waals surface area contributed by atoms with Gasteiger partial charge in [-0.25, -0.2) is 13.2 Å². The topological polar surface area (TPSA) is 96.3 Å². The lowest BCUT2D eigenvalue weighted by Gasteiger charge is -2.12. The van der Waals surface area contributed by atoms with Gasteiger partial charge in [-0.1, -0.05) is 17.7 Å². The predicted molar refractivity (Wildman–Crippen MR) is 89.5 cm³/mol. The SMILES string of the molecule is COC(=O)c1ccc(C)c(S(=O)(=O)Nc2ccc(Cl)c(C#N)c2)c1. The van der Waals surface area contributed by atoms with Crippen LogP contribution in [-0.2, 0) is 14.8 Å². The van der Waals surface area contributed by atoms with Gasteiger partial charge in [0.25, 0.3) is 10.0 Å². The van der Waals surface area contributed by atoms with E-state index in [1.54, 1.807) is 6.92 Å². The Labute approximate surface area is 144 Å². The van der Waals surface area contributed by atoms with Gasteiger partial charge in [0.05, 0.1) is 33.8 Å². The minimum absolute atomic E-state index is 0.0566. The zero-order chi connectivity index (χ0) is 17.9. The van der Waals surface area contributed by atoms with Crippen molar-refractivity contribution >= 4 is 33.3 Å². The molecule has 124 valence electrons. The van der Waals surface area contributed by atoms with E-state index in [0.717, 1.165) is 0 Å². The van der Waals surface area contributed by atoms with Crippen LogP contribution in [0.2, 0.25) is 5.02 Å². The first-order chi connectivity index (χ1) is 11.3. The number of esters is 1. The molecule has 0 atom stereocenters. The number of methoxy groups -OCH3 is 1. The van der Waals surface area contributed by atoms with Crippen LogP contribution in [0.15, 0.2) is 41.3 Å². The van der Waals surface area contributed by atoms with Crippen molar-refractivity contribution in [3.05, 3.63) is 58.1 Å². The number of hydrogen-bond acceptors (Lipinski definition) is 5. The van der Waals surface area contributed by atoms with Gasteiger partial charge in [-0.15, -0.1) is 0 Å². The molecule has 0 bridgehead atoms. The van der Waals surface area contributed by atoms with E-state index in [4.69, 9.17) is 16.9 Å². The van der Waals surface area contributed by atoms with Crippen LogP contribution in [0, 0.1) is 18.3 Å². The number of anilines is 1. The molecule has 24 heavy (non-hydrogen) atoms. The number of hydrogen-bond donors (Lipinski definition) is 1. The zero-order valence-corrected chi connectivity index (χ0v) is 14.4. The van der Waals surface area contributed by atoms with Crippen LogP contribution >= 0.6 is 11.6 Å². The minimum Gasteiger partial charge on any atom is -0.465 e. The summed E-state index contributed by atoms with van der Waals surface area (Å²) in [4.78, 5) is 11.5. The van der Waals surface area contributed by atoms with Crippen molar-refractivity contribution in [3.8, 4) is 6.07 Å². The van der Waals surface area contributed by atoms with Gasteiger partial charge in [-0.2, -0.15) is 5.26 Å². The van der Waals surface area contributed by atoms with E-state index in [2.05, 4.69) is 9.46 Å². The Bertz CT molecular complexity index is 949. The number of sulfonamides is 1. The smallest absolute Gasteiger partial charge is 0.337 e. The number of nitrogens with zero attached hydrogens (tertiary/aromatic N) is 1. The van der Waals surface area contributed by atoms with Gasteiger partial charge in [0.2, 0.25) is 0 Å². The molecule has 8 heteroatoms. The predicted octanol–water partition coefficient (Wildman–Crippen LogP) is 3.11. The summed E-state index contributed by atoms with van der Waals surface area (Å²) in [7, 11) is -2.74. The van der Waals surface area contributed by atoms with Gasteiger partial charge in [-0.05, 0) is 42.8 Å². The molecule has 0 aromatic heterocycles. The van der Waals surface area contributed by atoms with E-state index in [1.165, 1.54) is 43.5 Å². The Kier molecular flexibility index (Phi) is 5.12. The van der Waals surface area contributed by atoms with Gasteiger partial charge in [0, 0.05) is 0 Å². The first-order valence-corrected chi connectivity index (χ1v) is 8.56. The average molecular weight is 365 g/mol. The fourth-order valence-electron chi connectivity index (χ4n) is 2.02. The van der Waals surface area contributed by atoms with Gasteiger partial charge in [0.15, 0.2) is 0 Å². The molecular weight excluding hydrogens is 352 g/mol. The summed E-state index contributed by atoms with van der Waals surface area (Å²) in [6, 6.07) is 10.3. The summed E-state index contributed by atoms with van der Waals surface area (Å²) >= 11 is 5.83. The Hall–Kier alpha value is -2.56. The van der Waals surface area contributed by atoms with Crippen molar-refractivity contribution in [3.63, 3.8) is 0 Å². The molecule has 2 aromatic carbocycles. The second kappa shape index (κ2) is 6.91. The van der Waals surface area contributed by atoms with E-state index < -0.39 is 16.0 Å². The van der Waals surface area contributed by atoms with Crippen molar-refractivity contribution in [2.75, 3.05) is 11.8 Å². The highest BCUT2D eigenvalue weighted by Crippen LogP contribution is 2.24. The van der Waals surface area contributed by atoms with Crippen LogP contribution in [0.3, 0.4) is 0 Å². The van der Waals surface area contributed by atoms with E-state index in [-0.39, 0.29) is 26.7 Å². The Morgan fingerprint density at radius 2 is 1.96 bits per heavy atom. The lowest BCUT2D eigenvalue weighted by molar-refractivity contribution is 0.0600. The summed E-state index contributed by atoms with van der Waals surface area (Å²) in [5.41, 5.74) is 0.928. The number of nitrogens with one attached hydrogen (secondary N) is 1. The summed E-state index contributed by atoms with van der Waals surface area (Å²) in [5, 5.41) is 9.19. The van der Waals surface area contributed by atoms with E-state index >= 15 is 0 Å². The number of ether oxygens (including phenoxy) is 1. The molecule has 0 saturated carbocycles. The van der Waals surface area contributed by atoms with Crippen LogP contribution in [0.25, 0.3) is 0 Å². The number of carbonyl (C=O) groups is 1. The second-order valence-corrected chi connectivity index (χ2v) is 6.94. The fourth-order valence-corrected chi connectivity index (χ4v) is 3.50. The molecule has 2 rings (SSSR count). The molecule has 0 aliphatic heterocycles. The largest absolute Gasteiger partial charge is 0.465 e. The highest BCUT2D eigenvalue weighted by atomic mass is 35.5. The summed E-state index contributed by atoms with van der Waals surface area (Å²) in [5.74, 6) is -0.635. The maximum atomic E-state index is 12.6. The normalized spacial score (nSPS) is 10.8. The van der Waals surface area contributed by atoms with Crippen molar-refractivity contribution in [2.45, 2.75) is 11.8 Å². The lowest BCUT2D eigenvalue weighted by atomic mass is 10.1. The number of nitriles is 1. The molecule has 0 amide bonds. The minimum atomic E-state index is -3.96. The monoisotopic (exact) mass is 364 g/mol. The van der Waals surface area contributed by atoms with Gasteiger partial charge >= 0.3 is 5.97 Å². The summed E-state index contributed by atoms with van der Waals surface area (Å²) < 4.78 is 32.2. The number of benzene rings is 2. The van der Waals surface area contributed by atoms with Gasteiger partial charge in [0.1, 0.15) is 6.07 Å². The fraction of sp³-hybridized carbons (Fsp3) is 0.125. The van der Waals surface area contributed by atoms with E-state index in [9.17, 15) is 13.2 Å². The average Bonchev–Trinajstić information content (AvgIpc) is 2.55. The van der Waals surface area contributed by atoms with Crippen LogP contribution in [0.1, 0.15) is 21.5 Å². The van der Waals surface area contributed by atoms with E-state index in [1.807, 2.05) is 6.07 Å². The maximum absolute atomic E-state index is 12.6. The first-order valence-electron chi connectivity index (χ1n) is 6.70. The van der Waals surface area contributed by atoms with Crippen LogP contribution < -0.4 is 4.72 Å². The third-order valence-electron chi connectivity index (χ3n) is 3.24. The molecule has 0 spiro atoms. The number of carbonyl (C=O) groups excluding carboxylic acids is 1. The number of rotatable bonds is 4. The van der Waals surface area contributed by atoms with E-state index in [0.29, 0.717) is 5.56 Å². The molecule has 0 heterocycles. The molecule has 2 aromatic rings. The third kappa shape index (κ3) is 3.67.